The number of carbonyl (C=O) groups is 1. The summed E-state index contributed by atoms with van der Waals surface area (Å²) in [7, 11) is 1.69. The Morgan fingerprint density at radius 1 is 0.892 bits per heavy atom. The van der Waals surface area contributed by atoms with Crippen LogP contribution in [0.4, 0.5) is 0 Å². The van der Waals surface area contributed by atoms with Gasteiger partial charge in [0, 0.05) is 44.5 Å². The summed E-state index contributed by atoms with van der Waals surface area (Å²) in [6, 6.07) is 26.6. The van der Waals surface area contributed by atoms with Crippen molar-refractivity contribution in [2.24, 2.45) is 0 Å². The minimum absolute atomic E-state index is 0.133. The normalized spacial score (nSPS) is 14.2. The first-order valence-electron chi connectivity index (χ1n) is 12.5. The van der Waals surface area contributed by atoms with Crippen molar-refractivity contribution < 1.29 is 9.53 Å². The van der Waals surface area contributed by atoms with Crippen LogP contribution in [-0.2, 0) is 6.54 Å². The lowest BCUT2D eigenvalue weighted by Crippen LogP contribution is -2.48. The summed E-state index contributed by atoms with van der Waals surface area (Å²) in [6.45, 7) is 3.82. The second kappa shape index (κ2) is 10.2. The van der Waals surface area contributed by atoms with Crippen LogP contribution in [0.2, 0.25) is 0 Å². The molecule has 1 aliphatic heterocycles. The zero-order valence-corrected chi connectivity index (χ0v) is 21.5. The summed E-state index contributed by atoms with van der Waals surface area (Å²) in [4.78, 5) is 23.1. The minimum atomic E-state index is 0.133. The molecule has 1 amide bonds. The van der Waals surface area contributed by atoms with Gasteiger partial charge < -0.3 is 14.0 Å². The van der Waals surface area contributed by atoms with Gasteiger partial charge in [0.15, 0.2) is 0 Å². The Balaban J connectivity index is 1.33. The number of piperazine rings is 1. The highest BCUT2D eigenvalue weighted by Gasteiger charge is 2.25. The third-order valence-corrected chi connectivity index (χ3v) is 7.79. The average Bonchev–Trinajstić information content (AvgIpc) is 3.62. The average molecular weight is 509 g/mol. The fourth-order valence-electron chi connectivity index (χ4n) is 4.92. The molecule has 7 heteroatoms. The smallest absolute Gasteiger partial charge is 0.264 e. The number of imidazole rings is 1. The molecule has 1 fully saturated rings. The van der Waals surface area contributed by atoms with Crippen molar-refractivity contribution in [2.45, 2.75) is 6.54 Å². The topological polar surface area (TPSA) is 50.1 Å². The molecule has 0 unspecified atom stereocenters. The van der Waals surface area contributed by atoms with Gasteiger partial charge in [0.05, 0.1) is 23.4 Å². The number of hydrogen-bond donors (Lipinski definition) is 0. The number of benzene rings is 2. The van der Waals surface area contributed by atoms with Gasteiger partial charge in [0.25, 0.3) is 5.91 Å². The number of amides is 1. The molecule has 5 aromatic rings. The summed E-state index contributed by atoms with van der Waals surface area (Å²) in [5.41, 5.74) is 6.37. The second-order valence-corrected chi connectivity index (χ2v) is 10.1. The summed E-state index contributed by atoms with van der Waals surface area (Å²) in [5, 5.41) is 1.96. The van der Waals surface area contributed by atoms with E-state index in [1.54, 1.807) is 7.11 Å². The molecule has 0 spiro atoms. The molecule has 6 rings (SSSR count). The van der Waals surface area contributed by atoms with Crippen LogP contribution in [0.15, 0.2) is 90.4 Å². The first kappa shape index (κ1) is 23.5. The molecule has 0 radical (unpaired) electrons. The van der Waals surface area contributed by atoms with E-state index in [0.29, 0.717) is 0 Å². The predicted octanol–water partition coefficient (Wildman–Crippen LogP) is 5.70. The zero-order chi connectivity index (χ0) is 25.2. The van der Waals surface area contributed by atoms with E-state index >= 15 is 0 Å². The van der Waals surface area contributed by atoms with Gasteiger partial charge in [-0.3, -0.25) is 9.69 Å². The van der Waals surface area contributed by atoms with Gasteiger partial charge in [-0.25, -0.2) is 4.98 Å². The van der Waals surface area contributed by atoms with E-state index in [9.17, 15) is 4.79 Å². The number of hydrogen-bond acceptors (Lipinski definition) is 5. The van der Waals surface area contributed by atoms with Crippen molar-refractivity contribution in [1.82, 2.24) is 19.2 Å². The highest BCUT2D eigenvalue weighted by molar-refractivity contribution is 7.12. The lowest BCUT2D eigenvalue weighted by Gasteiger charge is -2.34. The maximum atomic E-state index is 12.8. The molecule has 0 atom stereocenters. The highest BCUT2D eigenvalue weighted by Crippen LogP contribution is 2.30. The van der Waals surface area contributed by atoms with Crippen molar-refractivity contribution in [3.63, 3.8) is 0 Å². The lowest BCUT2D eigenvalue weighted by molar-refractivity contribution is 0.0631. The van der Waals surface area contributed by atoms with E-state index in [2.05, 4.69) is 58.0 Å². The molecule has 0 aliphatic carbocycles. The lowest BCUT2D eigenvalue weighted by atomic mass is 10.1. The Labute approximate surface area is 220 Å². The SMILES string of the molecule is COc1cccc(-c2nc3ccc(-c4ccccc4)cn3c2CN2CCN(C(=O)c3cccs3)CC2)c1. The second-order valence-electron chi connectivity index (χ2n) is 9.20. The molecule has 2 aromatic carbocycles. The van der Waals surface area contributed by atoms with Crippen LogP contribution >= 0.6 is 11.3 Å². The maximum Gasteiger partial charge on any atom is 0.264 e. The molecule has 186 valence electrons. The number of fused-ring (bicyclic) bond motifs is 1. The Kier molecular flexibility index (Phi) is 6.47. The van der Waals surface area contributed by atoms with E-state index in [1.165, 1.54) is 16.9 Å². The quantitative estimate of drug-likeness (QED) is 0.295. The first-order valence-corrected chi connectivity index (χ1v) is 13.3. The zero-order valence-electron chi connectivity index (χ0n) is 20.7. The number of rotatable bonds is 6. The van der Waals surface area contributed by atoms with Crippen LogP contribution in [0.3, 0.4) is 0 Å². The molecule has 0 bridgehead atoms. The highest BCUT2D eigenvalue weighted by atomic mass is 32.1. The number of methoxy groups -OCH3 is 1. The third-order valence-electron chi connectivity index (χ3n) is 6.93. The summed E-state index contributed by atoms with van der Waals surface area (Å²) in [5.74, 6) is 0.945. The van der Waals surface area contributed by atoms with E-state index in [1.807, 2.05) is 46.7 Å². The molecule has 6 nitrogen and oxygen atoms in total. The van der Waals surface area contributed by atoms with Gasteiger partial charge in [-0.15, -0.1) is 11.3 Å². The Morgan fingerprint density at radius 3 is 2.46 bits per heavy atom. The number of carbonyl (C=O) groups excluding carboxylic acids is 1. The van der Waals surface area contributed by atoms with Crippen LogP contribution in [0.25, 0.3) is 28.0 Å². The molecule has 37 heavy (non-hydrogen) atoms. The van der Waals surface area contributed by atoms with Gasteiger partial charge >= 0.3 is 0 Å². The fraction of sp³-hybridized carbons (Fsp3) is 0.200. The molecule has 1 saturated heterocycles. The Bertz CT molecular complexity index is 1520. The van der Waals surface area contributed by atoms with Gasteiger partial charge in [-0.2, -0.15) is 0 Å². The number of pyridine rings is 1. The van der Waals surface area contributed by atoms with Gasteiger partial charge in [-0.05, 0) is 46.8 Å². The van der Waals surface area contributed by atoms with Gasteiger partial charge in [-0.1, -0.05) is 48.5 Å². The predicted molar refractivity (Wildman–Crippen MR) is 148 cm³/mol. The first-order chi connectivity index (χ1) is 18.2. The molecule has 4 heterocycles. The van der Waals surface area contributed by atoms with E-state index in [4.69, 9.17) is 9.72 Å². The number of thiophene rings is 1. The summed E-state index contributed by atoms with van der Waals surface area (Å²) < 4.78 is 7.72. The molecule has 0 N–H and O–H groups in total. The maximum absolute atomic E-state index is 12.8. The summed E-state index contributed by atoms with van der Waals surface area (Å²) in [6.07, 6.45) is 2.19. The Morgan fingerprint density at radius 2 is 1.70 bits per heavy atom. The minimum Gasteiger partial charge on any atom is -0.497 e. The van der Waals surface area contributed by atoms with Crippen LogP contribution in [-0.4, -0.2) is 58.4 Å². The van der Waals surface area contributed by atoms with Crippen LogP contribution in [0.1, 0.15) is 15.4 Å². The van der Waals surface area contributed by atoms with Gasteiger partial charge in [0.2, 0.25) is 0 Å². The molecule has 3 aromatic heterocycles. The Hall–Kier alpha value is -3.94. The van der Waals surface area contributed by atoms with Crippen molar-refractivity contribution in [1.29, 1.82) is 0 Å². The fourth-order valence-corrected chi connectivity index (χ4v) is 5.62. The van der Waals surface area contributed by atoms with Crippen molar-refractivity contribution in [3.8, 4) is 28.1 Å². The van der Waals surface area contributed by atoms with E-state index in [-0.39, 0.29) is 5.91 Å². The van der Waals surface area contributed by atoms with Crippen LogP contribution in [0, 0.1) is 0 Å². The number of aromatic nitrogens is 2. The van der Waals surface area contributed by atoms with Gasteiger partial charge in [0.1, 0.15) is 11.4 Å². The molecule has 1 aliphatic rings. The number of nitrogens with zero attached hydrogens (tertiary/aromatic N) is 4. The number of ether oxygens (including phenoxy) is 1. The van der Waals surface area contributed by atoms with Crippen molar-refractivity contribution in [2.75, 3.05) is 33.3 Å². The molecular weight excluding hydrogens is 480 g/mol. The molecule has 0 saturated carbocycles. The van der Waals surface area contributed by atoms with Crippen LogP contribution < -0.4 is 4.74 Å². The standard InChI is InChI=1S/C30H28N4O2S/c1-36-25-10-5-9-23(19-25)29-26(21-32-14-16-33(17-15-32)30(35)27-11-6-18-37-27)34-20-24(12-13-28(34)31-29)22-7-3-2-4-8-22/h2-13,18-20H,14-17,21H2,1H3. The molecular formula is C30H28N4O2S. The van der Waals surface area contributed by atoms with Crippen molar-refractivity contribution in [3.05, 3.63) is 101 Å². The largest absolute Gasteiger partial charge is 0.497 e. The van der Waals surface area contributed by atoms with Crippen molar-refractivity contribution >= 4 is 22.9 Å². The third kappa shape index (κ3) is 4.75. The van der Waals surface area contributed by atoms with E-state index in [0.717, 1.165) is 71.5 Å². The van der Waals surface area contributed by atoms with Crippen LogP contribution in [0.5, 0.6) is 5.75 Å². The summed E-state index contributed by atoms with van der Waals surface area (Å²) >= 11 is 1.51. The van der Waals surface area contributed by atoms with E-state index < -0.39 is 0 Å². The monoisotopic (exact) mass is 508 g/mol.